The summed E-state index contributed by atoms with van der Waals surface area (Å²) < 4.78 is 0. The Morgan fingerprint density at radius 1 is 1.44 bits per heavy atom. The van der Waals surface area contributed by atoms with E-state index in [0.717, 1.165) is 13.0 Å². The SMILES string of the molecule is Cc1c(NC(=O)CCN2CCCC(C(=O)O)C2)cccc1[N+](=O)[O-].Cl. The molecule has 1 saturated heterocycles. The van der Waals surface area contributed by atoms with E-state index < -0.39 is 10.9 Å². The van der Waals surface area contributed by atoms with Crippen LogP contribution in [0.25, 0.3) is 0 Å². The van der Waals surface area contributed by atoms with Crippen LogP contribution in [0.3, 0.4) is 0 Å². The van der Waals surface area contributed by atoms with Crippen LogP contribution in [0.4, 0.5) is 11.4 Å². The first kappa shape index (κ1) is 20.9. The van der Waals surface area contributed by atoms with Crippen LogP contribution in [-0.4, -0.2) is 46.4 Å². The predicted molar refractivity (Wildman–Crippen MR) is 95.1 cm³/mol. The number of carboxylic acid groups (broad SMARTS) is 1. The number of rotatable bonds is 6. The molecule has 9 heteroatoms. The molecule has 0 bridgehead atoms. The van der Waals surface area contributed by atoms with Crippen LogP contribution in [0.5, 0.6) is 0 Å². The van der Waals surface area contributed by atoms with Crippen molar-refractivity contribution in [3.8, 4) is 0 Å². The Kier molecular flexibility index (Phi) is 7.79. The molecule has 0 radical (unpaired) electrons. The first-order valence-corrected chi connectivity index (χ1v) is 7.87. The number of halogens is 1. The average molecular weight is 372 g/mol. The van der Waals surface area contributed by atoms with E-state index in [1.807, 2.05) is 4.90 Å². The Labute approximate surface area is 151 Å². The van der Waals surface area contributed by atoms with Crippen molar-refractivity contribution < 1.29 is 19.6 Å². The number of carboxylic acids is 1. The fraction of sp³-hybridized carbons (Fsp3) is 0.500. The van der Waals surface area contributed by atoms with Crippen molar-refractivity contribution in [2.75, 3.05) is 25.0 Å². The van der Waals surface area contributed by atoms with Crippen molar-refractivity contribution >= 4 is 35.7 Å². The summed E-state index contributed by atoms with van der Waals surface area (Å²) in [4.78, 5) is 35.5. The molecule has 1 amide bonds. The molecular weight excluding hydrogens is 350 g/mol. The van der Waals surface area contributed by atoms with Crippen LogP contribution in [0, 0.1) is 23.0 Å². The topological polar surface area (TPSA) is 113 Å². The number of nitro groups is 1. The standard InChI is InChI=1S/C16H21N3O5.ClH/c1-11-13(5-2-6-14(11)19(23)24)17-15(20)7-9-18-8-3-4-12(10-18)16(21)22;/h2,5-6,12H,3-4,7-10H2,1H3,(H,17,20)(H,21,22);1H. The van der Waals surface area contributed by atoms with Gasteiger partial charge in [0.1, 0.15) is 0 Å². The molecule has 138 valence electrons. The second kappa shape index (κ2) is 9.33. The minimum Gasteiger partial charge on any atom is -0.481 e. The molecule has 2 N–H and O–H groups in total. The van der Waals surface area contributed by atoms with E-state index in [1.54, 1.807) is 13.0 Å². The van der Waals surface area contributed by atoms with Gasteiger partial charge in [0.2, 0.25) is 5.91 Å². The summed E-state index contributed by atoms with van der Waals surface area (Å²) in [6, 6.07) is 4.55. The normalized spacial score (nSPS) is 17.4. The lowest BCUT2D eigenvalue weighted by molar-refractivity contribution is -0.385. The number of likely N-dealkylation sites (tertiary alicyclic amines) is 1. The zero-order valence-electron chi connectivity index (χ0n) is 13.9. The first-order valence-electron chi connectivity index (χ1n) is 7.87. The van der Waals surface area contributed by atoms with Gasteiger partial charge in [-0.1, -0.05) is 6.07 Å². The number of nitrogens with zero attached hydrogens (tertiary/aromatic N) is 2. The molecule has 0 spiro atoms. The van der Waals surface area contributed by atoms with Crippen LogP contribution >= 0.6 is 12.4 Å². The van der Waals surface area contributed by atoms with Crippen molar-refractivity contribution in [1.29, 1.82) is 0 Å². The molecule has 1 aromatic rings. The number of aliphatic carboxylic acids is 1. The smallest absolute Gasteiger partial charge is 0.307 e. The zero-order chi connectivity index (χ0) is 17.7. The number of hydrogen-bond acceptors (Lipinski definition) is 5. The van der Waals surface area contributed by atoms with E-state index in [-0.39, 0.29) is 36.3 Å². The van der Waals surface area contributed by atoms with Gasteiger partial charge in [0.15, 0.2) is 0 Å². The minimum absolute atomic E-state index is 0. The second-order valence-corrected chi connectivity index (χ2v) is 5.98. The molecule has 0 aromatic heterocycles. The van der Waals surface area contributed by atoms with E-state index in [2.05, 4.69) is 5.32 Å². The molecule has 0 aliphatic carbocycles. The first-order chi connectivity index (χ1) is 11.4. The maximum atomic E-state index is 12.1. The molecular formula is C16H22ClN3O5. The van der Waals surface area contributed by atoms with Crippen molar-refractivity contribution in [2.24, 2.45) is 5.92 Å². The molecule has 1 unspecified atom stereocenters. The fourth-order valence-corrected chi connectivity index (χ4v) is 2.89. The molecule has 1 heterocycles. The van der Waals surface area contributed by atoms with Gasteiger partial charge in [0.25, 0.3) is 5.69 Å². The third kappa shape index (κ3) is 5.68. The molecule has 25 heavy (non-hydrogen) atoms. The van der Waals surface area contributed by atoms with Crippen LogP contribution in [0.15, 0.2) is 18.2 Å². The lowest BCUT2D eigenvalue weighted by Gasteiger charge is -2.30. The average Bonchev–Trinajstić information content (AvgIpc) is 2.55. The Bertz CT molecular complexity index is 653. The van der Waals surface area contributed by atoms with Crippen LogP contribution in [-0.2, 0) is 9.59 Å². The van der Waals surface area contributed by atoms with Gasteiger partial charge in [-0.15, -0.1) is 12.4 Å². The third-order valence-electron chi connectivity index (χ3n) is 4.29. The highest BCUT2D eigenvalue weighted by Crippen LogP contribution is 2.25. The fourth-order valence-electron chi connectivity index (χ4n) is 2.89. The summed E-state index contributed by atoms with van der Waals surface area (Å²) in [6.07, 6.45) is 1.70. The molecule has 2 rings (SSSR count). The maximum absolute atomic E-state index is 12.1. The van der Waals surface area contributed by atoms with E-state index >= 15 is 0 Å². The lowest BCUT2D eigenvalue weighted by Crippen LogP contribution is -2.40. The quantitative estimate of drug-likeness (QED) is 0.586. The summed E-state index contributed by atoms with van der Waals surface area (Å²) in [5.74, 6) is -1.41. The van der Waals surface area contributed by atoms with Gasteiger partial charge in [0.05, 0.1) is 22.1 Å². The van der Waals surface area contributed by atoms with Crippen LogP contribution in [0.2, 0.25) is 0 Å². The molecule has 1 aliphatic rings. The summed E-state index contributed by atoms with van der Waals surface area (Å²) in [5, 5.41) is 22.7. The van der Waals surface area contributed by atoms with E-state index in [4.69, 9.17) is 5.11 Å². The van der Waals surface area contributed by atoms with Gasteiger partial charge in [0, 0.05) is 25.6 Å². The third-order valence-corrected chi connectivity index (χ3v) is 4.29. The van der Waals surface area contributed by atoms with Gasteiger partial charge in [-0.05, 0) is 32.4 Å². The Balaban J connectivity index is 0.00000312. The van der Waals surface area contributed by atoms with Gasteiger partial charge in [-0.25, -0.2) is 0 Å². The molecule has 1 atom stereocenters. The number of amides is 1. The van der Waals surface area contributed by atoms with E-state index in [1.165, 1.54) is 12.1 Å². The summed E-state index contributed by atoms with van der Waals surface area (Å²) in [6.45, 7) is 3.31. The Morgan fingerprint density at radius 3 is 2.80 bits per heavy atom. The number of anilines is 1. The largest absolute Gasteiger partial charge is 0.481 e. The number of carbonyl (C=O) groups excluding carboxylic acids is 1. The summed E-state index contributed by atoms with van der Waals surface area (Å²) in [5.41, 5.74) is 0.809. The molecule has 0 saturated carbocycles. The van der Waals surface area contributed by atoms with Gasteiger partial charge in [-0.3, -0.25) is 19.7 Å². The molecule has 1 fully saturated rings. The number of carbonyl (C=O) groups is 2. The van der Waals surface area contributed by atoms with Crippen LogP contribution in [0.1, 0.15) is 24.8 Å². The van der Waals surface area contributed by atoms with Crippen LogP contribution < -0.4 is 5.32 Å². The number of piperidine rings is 1. The molecule has 1 aliphatic heterocycles. The number of nitro benzene ring substituents is 1. The van der Waals surface area contributed by atoms with Gasteiger partial charge in [-0.2, -0.15) is 0 Å². The van der Waals surface area contributed by atoms with E-state index in [0.29, 0.717) is 30.8 Å². The van der Waals surface area contributed by atoms with Crippen molar-refractivity contribution in [3.05, 3.63) is 33.9 Å². The summed E-state index contributed by atoms with van der Waals surface area (Å²) >= 11 is 0. The monoisotopic (exact) mass is 371 g/mol. The van der Waals surface area contributed by atoms with Crippen molar-refractivity contribution in [2.45, 2.75) is 26.2 Å². The second-order valence-electron chi connectivity index (χ2n) is 5.98. The highest BCUT2D eigenvalue weighted by molar-refractivity contribution is 5.92. The van der Waals surface area contributed by atoms with Gasteiger partial charge < -0.3 is 15.3 Å². The summed E-state index contributed by atoms with van der Waals surface area (Å²) in [7, 11) is 0. The zero-order valence-corrected chi connectivity index (χ0v) is 14.8. The molecule has 8 nitrogen and oxygen atoms in total. The lowest BCUT2D eigenvalue weighted by atomic mass is 9.98. The minimum atomic E-state index is -0.795. The van der Waals surface area contributed by atoms with Crippen molar-refractivity contribution in [1.82, 2.24) is 4.90 Å². The van der Waals surface area contributed by atoms with Crippen molar-refractivity contribution in [3.63, 3.8) is 0 Å². The predicted octanol–water partition coefficient (Wildman–Crippen LogP) is 2.45. The Hall–Kier alpha value is -2.19. The Morgan fingerprint density at radius 2 is 2.16 bits per heavy atom. The molecule has 1 aromatic carbocycles. The highest BCUT2D eigenvalue weighted by Gasteiger charge is 2.25. The maximum Gasteiger partial charge on any atom is 0.307 e. The highest BCUT2D eigenvalue weighted by atomic mass is 35.5. The number of hydrogen-bond donors (Lipinski definition) is 2. The van der Waals surface area contributed by atoms with E-state index in [9.17, 15) is 19.7 Å². The number of benzene rings is 1. The van der Waals surface area contributed by atoms with Gasteiger partial charge >= 0.3 is 5.97 Å². The number of nitrogens with one attached hydrogen (secondary N) is 1.